The van der Waals surface area contributed by atoms with Gasteiger partial charge in [0, 0.05) is 30.8 Å². The van der Waals surface area contributed by atoms with E-state index in [1.807, 2.05) is 12.4 Å². The van der Waals surface area contributed by atoms with Crippen LogP contribution in [0, 0.1) is 12.8 Å². The second kappa shape index (κ2) is 7.76. The van der Waals surface area contributed by atoms with Crippen molar-refractivity contribution in [1.29, 1.82) is 0 Å². The molecule has 2 aliphatic heterocycles. The van der Waals surface area contributed by atoms with Crippen LogP contribution in [0.15, 0.2) is 40.8 Å². The fourth-order valence-corrected chi connectivity index (χ4v) is 4.88. The molecule has 1 saturated heterocycles. The molecule has 150 valence electrons. The van der Waals surface area contributed by atoms with Crippen LogP contribution in [-0.4, -0.2) is 24.3 Å². The highest BCUT2D eigenvalue weighted by Crippen LogP contribution is 2.25. The topological polar surface area (TPSA) is 55.7 Å². The number of fused-ring (bicyclic) bond motifs is 2. The summed E-state index contributed by atoms with van der Waals surface area (Å²) in [7, 11) is 0. The number of ether oxygens (including phenoxy) is 2. The minimum Gasteiger partial charge on any atom is -0.490 e. The smallest absolute Gasteiger partial charge is 0.162 e. The van der Waals surface area contributed by atoms with Gasteiger partial charge in [0.25, 0.3) is 0 Å². The van der Waals surface area contributed by atoms with Crippen LogP contribution in [0.5, 0.6) is 5.75 Å². The molecule has 29 heavy (non-hydrogen) atoms. The Morgan fingerprint density at radius 3 is 2.97 bits per heavy atom. The van der Waals surface area contributed by atoms with E-state index >= 15 is 0 Å². The van der Waals surface area contributed by atoms with E-state index in [1.54, 1.807) is 11.3 Å². The Kier molecular flexibility index (Phi) is 4.97. The molecule has 2 aromatic heterocycles. The molecule has 0 aliphatic carbocycles. The molecular weight excluding hydrogens is 382 g/mol. The number of aryl methyl sites for hydroxylation is 1. The van der Waals surface area contributed by atoms with Gasteiger partial charge in [-0.3, -0.25) is 9.98 Å². The van der Waals surface area contributed by atoms with Crippen molar-refractivity contribution < 1.29 is 9.47 Å². The van der Waals surface area contributed by atoms with Crippen molar-refractivity contribution >= 4 is 27.6 Å². The molecule has 5 nitrogen and oxygen atoms in total. The van der Waals surface area contributed by atoms with Crippen LogP contribution in [0.2, 0.25) is 0 Å². The summed E-state index contributed by atoms with van der Waals surface area (Å²) in [6.07, 6.45) is 6.11. The Hall–Kier alpha value is -2.44. The highest BCUT2D eigenvalue weighted by Gasteiger charge is 2.22. The minimum atomic E-state index is -0.168. The summed E-state index contributed by atoms with van der Waals surface area (Å²) in [5, 5.41) is 8.77. The number of rotatable bonds is 4. The van der Waals surface area contributed by atoms with Crippen LogP contribution in [-0.2, 0) is 4.74 Å². The zero-order valence-corrected chi connectivity index (χ0v) is 17.5. The zero-order chi connectivity index (χ0) is 19.8. The third-order valence-electron chi connectivity index (χ3n) is 5.85. The second-order valence-corrected chi connectivity index (χ2v) is 8.81. The maximum Gasteiger partial charge on any atom is 0.162 e. The van der Waals surface area contributed by atoms with Crippen LogP contribution in [0.25, 0.3) is 16.3 Å². The third kappa shape index (κ3) is 3.74. The number of hydrogen-bond donors (Lipinski definition) is 1. The molecule has 2 aliphatic rings. The summed E-state index contributed by atoms with van der Waals surface area (Å²) >= 11 is 1.71. The van der Waals surface area contributed by atoms with Crippen molar-refractivity contribution in [3.8, 4) is 5.75 Å². The van der Waals surface area contributed by atoms with Gasteiger partial charge in [-0.1, -0.05) is 0 Å². The molecule has 4 heterocycles. The fraction of sp³-hybridized carbons (Fsp3) is 0.391. The van der Waals surface area contributed by atoms with E-state index in [-0.39, 0.29) is 12.3 Å². The summed E-state index contributed by atoms with van der Waals surface area (Å²) < 4.78 is 13.0. The first-order valence-corrected chi connectivity index (χ1v) is 11.1. The van der Waals surface area contributed by atoms with Gasteiger partial charge in [0.15, 0.2) is 6.17 Å². The van der Waals surface area contributed by atoms with E-state index in [0.717, 1.165) is 53.6 Å². The first kappa shape index (κ1) is 18.6. The molecule has 0 saturated carbocycles. The van der Waals surface area contributed by atoms with Crippen LogP contribution in [0.4, 0.5) is 0 Å². The van der Waals surface area contributed by atoms with Gasteiger partial charge in [0.1, 0.15) is 5.75 Å². The number of thiophene rings is 1. The summed E-state index contributed by atoms with van der Waals surface area (Å²) in [6.45, 7) is 5.94. The van der Waals surface area contributed by atoms with Gasteiger partial charge in [-0.25, -0.2) is 0 Å². The molecule has 1 N–H and O–H groups in total. The van der Waals surface area contributed by atoms with E-state index in [9.17, 15) is 0 Å². The van der Waals surface area contributed by atoms with E-state index in [2.05, 4.69) is 53.8 Å². The Morgan fingerprint density at radius 1 is 1.24 bits per heavy atom. The summed E-state index contributed by atoms with van der Waals surface area (Å²) in [5.41, 5.74) is 2.06. The molecule has 6 heteroatoms. The number of hydrogen-bond acceptors (Lipinski definition) is 6. The normalized spacial score (nSPS) is 20.3. The number of benzene rings is 1. The summed E-state index contributed by atoms with van der Waals surface area (Å²) in [6, 6.07) is 8.43. The summed E-state index contributed by atoms with van der Waals surface area (Å²) in [4.78, 5) is 9.56. The number of aromatic nitrogens is 1. The van der Waals surface area contributed by atoms with Crippen LogP contribution in [0.1, 0.15) is 37.2 Å². The van der Waals surface area contributed by atoms with Crippen molar-refractivity contribution in [2.75, 3.05) is 13.2 Å². The number of nitrogens with zero attached hydrogens (tertiary/aromatic N) is 2. The van der Waals surface area contributed by atoms with E-state index < -0.39 is 0 Å². The van der Waals surface area contributed by atoms with Gasteiger partial charge in [-0.15, -0.1) is 11.3 Å². The van der Waals surface area contributed by atoms with Crippen molar-refractivity contribution in [3.63, 3.8) is 0 Å². The van der Waals surface area contributed by atoms with E-state index in [0.29, 0.717) is 5.92 Å². The number of pyridine rings is 1. The standard InChI is InChI=1S/C23H25N3O2S/c1-14-9-19(28-15(2)16-3-6-27-7-4-16)10-18-12-25-23(26-22(14)18)20-11-17-5-8-29-21(17)13-24-20/h5,8-13,15-16,23,25H,3-4,6-7H2,1-2H3/t15?,23-/m1/s1. The molecule has 0 amide bonds. The Balaban J connectivity index is 1.41. The van der Waals surface area contributed by atoms with Crippen LogP contribution >= 0.6 is 11.3 Å². The van der Waals surface area contributed by atoms with E-state index in [1.165, 1.54) is 10.1 Å². The van der Waals surface area contributed by atoms with Gasteiger partial charge in [0.05, 0.1) is 21.9 Å². The van der Waals surface area contributed by atoms with Gasteiger partial charge in [0.2, 0.25) is 0 Å². The molecule has 3 aromatic rings. The molecule has 1 fully saturated rings. The van der Waals surface area contributed by atoms with Crippen molar-refractivity contribution in [2.45, 2.75) is 39.0 Å². The molecule has 0 spiro atoms. The van der Waals surface area contributed by atoms with Gasteiger partial charge >= 0.3 is 0 Å². The maximum atomic E-state index is 6.30. The van der Waals surface area contributed by atoms with E-state index in [4.69, 9.17) is 14.5 Å². The van der Waals surface area contributed by atoms with Gasteiger partial charge in [-0.05, 0) is 73.2 Å². The molecule has 1 unspecified atom stereocenters. The SMILES string of the molecule is Cc1cc(OC(C)C2CCOCC2)cc2c1=N[C@H](c1cc3ccsc3cn1)NC=2. The van der Waals surface area contributed by atoms with Crippen molar-refractivity contribution in [2.24, 2.45) is 10.9 Å². The highest BCUT2D eigenvalue weighted by atomic mass is 32.1. The Labute approximate surface area is 174 Å². The largest absolute Gasteiger partial charge is 0.490 e. The quantitative estimate of drug-likeness (QED) is 0.720. The fourth-order valence-electron chi connectivity index (χ4n) is 4.14. The van der Waals surface area contributed by atoms with Crippen LogP contribution in [0.3, 0.4) is 0 Å². The average Bonchev–Trinajstić information content (AvgIpc) is 3.22. The lowest BCUT2D eigenvalue weighted by atomic mass is 9.95. The lowest BCUT2D eigenvalue weighted by Crippen LogP contribution is -2.37. The lowest BCUT2D eigenvalue weighted by molar-refractivity contribution is 0.0238. The van der Waals surface area contributed by atoms with Crippen LogP contribution < -0.4 is 20.6 Å². The molecule has 0 bridgehead atoms. The molecule has 0 radical (unpaired) electrons. The Bertz CT molecular complexity index is 1150. The zero-order valence-electron chi connectivity index (χ0n) is 16.7. The monoisotopic (exact) mass is 407 g/mol. The number of nitrogens with one attached hydrogen (secondary N) is 1. The molecular formula is C23H25N3O2S. The highest BCUT2D eigenvalue weighted by molar-refractivity contribution is 7.17. The molecule has 5 rings (SSSR count). The Morgan fingerprint density at radius 2 is 2.10 bits per heavy atom. The van der Waals surface area contributed by atoms with Gasteiger partial charge < -0.3 is 14.8 Å². The minimum absolute atomic E-state index is 0.168. The first-order valence-electron chi connectivity index (χ1n) is 10.2. The van der Waals surface area contributed by atoms with Crippen molar-refractivity contribution in [1.82, 2.24) is 10.3 Å². The second-order valence-electron chi connectivity index (χ2n) is 7.86. The molecule has 2 atom stereocenters. The maximum absolute atomic E-state index is 6.30. The predicted molar refractivity (Wildman–Crippen MR) is 116 cm³/mol. The molecule has 1 aromatic carbocycles. The first-order chi connectivity index (χ1) is 14.2. The average molecular weight is 408 g/mol. The summed E-state index contributed by atoms with van der Waals surface area (Å²) in [5.74, 6) is 1.46. The van der Waals surface area contributed by atoms with Crippen molar-refractivity contribution in [3.05, 3.63) is 57.7 Å². The third-order valence-corrected chi connectivity index (χ3v) is 6.72. The van der Waals surface area contributed by atoms with Gasteiger partial charge in [-0.2, -0.15) is 0 Å². The lowest BCUT2D eigenvalue weighted by Gasteiger charge is -2.28. The predicted octanol–water partition coefficient (Wildman–Crippen LogP) is 3.46.